The number of aryl methyl sites for hydroxylation is 1. The number of hydrogen-bond donors (Lipinski definition) is 0. The first-order valence-electron chi connectivity index (χ1n) is 8.66. The van der Waals surface area contributed by atoms with Gasteiger partial charge in [-0.05, 0) is 52.3 Å². The third-order valence-electron chi connectivity index (χ3n) is 5.28. The van der Waals surface area contributed by atoms with Gasteiger partial charge in [-0.15, -0.1) is 0 Å². The highest BCUT2D eigenvalue weighted by atomic mass is 16.5. The van der Waals surface area contributed by atoms with E-state index in [0.717, 1.165) is 50.9 Å². The van der Waals surface area contributed by atoms with E-state index in [9.17, 15) is 4.79 Å². The molecule has 0 unspecified atom stereocenters. The number of hydrogen-bond acceptors (Lipinski definition) is 3. The Morgan fingerprint density at radius 2 is 2.00 bits per heavy atom. The first-order valence-corrected chi connectivity index (χ1v) is 8.66. The third kappa shape index (κ3) is 3.43. The number of ether oxygens (including phenoxy) is 1. The molecule has 23 heavy (non-hydrogen) atoms. The zero-order valence-corrected chi connectivity index (χ0v) is 14.5. The van der Waals surface area contributed by atoms with Crippen LogP contribution in [0.3, 0.4) is 0 Å². The molecule has 0 N–H and O–H groups in total. The summed E-state index contributed by atoms with van der Waals surface area (Å²) in [5, 5.41) is 0. The van der Waals surface area contributed by atoms with Crippen LogP contribution in [0.25, 0.3) is 0 Å². The lowest BCUT2D eigenvalue weighted by atomic mass is 9.88. The molecule has 1 aromatic carbocycles. The highest BCUT2D eigenvalue weighted by Crippen LogP contribution is 2.36. The van der Waals surface area contributed by atoms with Crippen LogP contribution in [0.2, 0.25) is 0 Å². The van der Waals surface area contributed by atoms with Crippen molar-refractivity contribution in [2.75, 3.05) is 33.8 Å². The maximum Gasteiger partial charge on any atom is 0.244 e. The molecule has 2 heterocycles. The number of carbonyl (C=O) groups excluding carboxylic acids is 1. The molecule has 2 saturated heterocycles. The quantitative estimate of drug-likeness (QED) is 0.859. The summed E-state index contributed by atoms with van der Waals surface area (Å²) in [5.74, 6) is 0.216. The van der Waals surface area contributed by atoms with Crippen LogP contribution >= 0.6 is 0 Å². The Hall–Kier alpha value is -1.39. The van der Waals surface area contributed by atoms with E-state index in [1.54, 1.807) is 0 Å². The Morgan fingerprint density at radius 1 is 1.26 bits per heavy atom. The van der Waals surface area contributed by atoms with Gasteiger partial charge >= 0.3 is 0 Å². The topological polar surface area (TPSA) is 32.8 Å². The fourth-order valence-electron chi connectivity index (χ4n) is 3.96. The Kier molecular flexibility index (Phi) is 4.74. The summed E-state index contributed by atoms with van der Waals surface area (Å²) >= 11 is 0. The molecule has 2 aliphatic heterocycles. The van der Waals surface area contributed by atoms with Crippen molar-refractivity contribution in [1.82, 2.24) is 9.80 Å². The molecule has 1 amide bonds. The molecule has 3 rings (SSSR count). The summed E-state index contributed by atoms with van der Waals surface area (Å²) in [7, 11) is 3.97. The number of carbonyl (C=O) groups is 1. The average molecular weight is 316 g/mol. The van der Waals surface area contributed by atoms with Crippen LogP contribution in [0, 0.1) is 6.92 Å². The second-order valence-corrected chi connectivity index (χ2v) is 7.24. The van der Waals surface area contributed by atoms with Gasteiger partial charge in [-0.3, -0.25) is 9.69 Å². The van der Waals surface area contributed by atoms with Crippen LogP contribution in [0.5, 0.6) is 0 Å². The maximum absolute atomic E-state index is 13.1. The Morgan fingerprint density at radius 3 is 2.57 bits per heavy atom. The number of benzene rings is 1. The summed E-state index contributed by atoms with van der Waals surface area (Å²) in [4.78, 5) is 17.1. The summed E-state index contributed by atoms with van der Waals surface area (Å²) in [6.07, 6.45) is 4.28. The number of nitrogens with zero attached hydrogens (tertiary/aromatic N) is 2. The Labute approximate surface area is 139 Å². The predicted molar refractivity (Wildman–Crippen MR) is 91.3 cm³/mol. The molecule has 1 atom stereocenters. The average Bonchev–Trinajstić information content (AvgIpc) is 2.96. The smallest absolute Gasteiger partial charge is 0.244 e. The van der Waals surface area contributed by atoms with Crippen molar-refractivity contribution in [2.45, 2.75) is 44.2 Å². The molecular formula is C19H28N2O2. The zero-order valence-electron chi connectivity index (χ0n) is 14.5. The van der Waals surface area contributed by atoms with Crippen LogP contribution in [0.1, 0.15) is 42.9 Å². The van der Waals surface area contributed by atoms with Gasteiger partial charge in [0.05, 0.1) is 5.60 Å². The van der Waals surface area contributed by atoms with Gasteiger partial charge in [-0.25, -0.2) is 0 Å². The third-order valence-corrected chi connectivity index (χ3v) is 5.28. The molecular weight excluding hydrogens is 288 g/mol. The van der Waals surface area contributed by atoms with Gasteiger partial charge in [-0.2, -0.15) is 0 Å². The van der Waals surface area contributed by atoms with Gasteiger partial charge in [0.15, 0.2) is 0 Å². The monoisotopic (exact) mass is 316 g/mol. The summed E-state index contributed by atoms with van der Waals surface area (Å²) < 4.78 is 5.97. The van der Waals surface area contributed by atoms with Crippen LogP contribution in [-0.4, -0.2) is 55.1 Å². The highest BCUT2D eigenvalue weighted by Gasteiger charge is 2.40. The minimum atomic E-state index is -0.201. The summed E-state index contributed by atoms with van der Waals surface area (Å²) in [6, 6.07) is 8.08. The summed E-state index contributed by atoms with van der Waals surface area (Å²) in [5.41, 5.74) is 2.34. The largest absolute Gasteiger partial charge is 0.375 e. The van der Waals surface area contributed by atoms with E-state index in [4.69, 9.17) is 4.74 Å². The minimum Gasteiger partial charge on any atom is -0.375 e. The van der Waals surface area contributed by atoms with E-state index in [-0.39, 0.29) is 17.6 Å². The van der Waals surface area contributed by atoms with Crippen LogP contribution < -0.4 is 0 Å². The predicted octanol–water partition coefficient (Wildman–Crippen LogP) is 2.77. The minimum absolute atomic E-state index is 0.0632. The molecule has 0 saturated carbocycles. The number of rotatable bonds is 3. The van der Waals surface area contributed by atoms with Crippen molar-refractivity contribution >= 4 is 5.91 Å². The number of piperidine rings is 1. The Balaban J connectivity index is 1.72. The molecule has 0 radical (unpaired) electrons. The Bertz CT molecular complexity index is 554. The second kappa shape index (κ2) is 6.62. The first kappa shape index (κ1) is 16.5. The second-order valence-electron chi connectivity index (χ2n) is 7.24. The first-order chi connectivity index (χ1) is 11.0. The van der Waals surface area contributed by atoms with E-state index in [2.05, 4.69) is 25.1 Å². The van der Waals surface area contributed by atoms with Crippen molar-refractivity contribution in [1.29, 1.82) is 0 Å². The van der Waals surface area contributed by atoms with Crippen LogP contribution in [0.15, 0.2) is 24.3 Å². The molecule has 2 fully saturated rings. The van der Waals surface area contributed by atoms with Crippen molar-refractivity contribution in [3.63, 3.8) is 0 Å². The lowest BCUT2D eigenvalue weighted by Crippen LogP contribution is -2.49. The molecule has 4 heteroatoms. The molecule has 1 aromatic rings. The van der Waals surface area contributed by atoms with Gasteiger partial charge in [0.1, 0.15) is 6.04 Å². The SMILES string of the molecule is Cc1cccc([C@@H](C(=O)N2CCC3(CCCO3)CC2)N(C)C)c1. The zero-order chi connectivity index (χ0) is 16.4. The van der Waals surface area contributed by atoms with Gasteiger partial charge < -0.3 is 9.64 Å². The van der Waals surface area contributed by atoms with E-state index in [0.29, 0.717) is 0 Å². The number of likely N-dealkylation sites (tertiary alicyclic amines) is 1. The maximum atomic E-state index is 13.1. The van der Waals surface area contributed by atoms with E-state index in [1.807, 2.05) is 30.0 Å². The lowest BCUT2D eigenvalue weighted by molar-refractivity contribution is -0.141. The summed E-state index contributed by atoms with van der Waals surface area (Å²) in [6.45, 7) is 4.59. The van der Waals surface area contributed by atoms with Gasteiger partial charge in [0.2, 0.25) is 5.91 Å². The van der Waals surface area contributed by atoms with E-state index >= 15 is 0 Å². The standard InChI is InChI=1S/C19H28N2O2/c1-15-6-4-7-16(14-15)17(20(2)3)18(22)21-11-9-19(10-12-21)8-5-13-23-19/h4,6-7,14,17H,5,8-13H2,1-3H3/t17-/m0/s1. The van der Waals surface area contributed by atoms with Crippen molar-refractivity contribution in [2.24, 2.45) is 0 Å². The number of amides is 1. The molecule has 0 aliphatic carbocycles. The van der Waals surface area contributed by atoms with Crippen LogP contribution in [-0.2, 0) is 9.53 Å². The van der Waals surface area contributed by atoms with Crippen molar-refractivity contribution < 1.29 is 9.53 Å². The molecule has 126 valence electrons. The van der Waals surface area contributed by atoms with E-state index < -0.39 is 0 Å². The van der Waals surface area contributed by atoms with Crippen LogP contribution in [0.4, 0.5) is 0 Å². The normalized spacial score (nSPS) is 21.8. The van der Waals surface area contributed by atoms with Gasteiger partial charge in [-0.1, -0.05) is 29.8 Å². The molecule has 2 aliphatic rings. The molecule has 4 nitrogen and oxygen atoms in total. The molecule has 1 spiro atoms. The fourth-order valence-corrected chi connectivity index (χ4v) is 3.96. The van der Waals surface area contributed by atoms with Gasteiger partial charge in [0, 0.05) is 19.7 Å². The fraction of sp³-hybridized carbons (Fsp3) is 0.632. The highest BCUT2D eigenvalue weighted by molar-refractivity contribution is 5.83. The van der Waals surface area contributed by atoms with Crippen molar-refractivity contribution in [3.05, 3.63) is 35.4 Å². The van der Waals surface area contributed by atoms with E-state index in [1.165, 1.54) is 5.56 Å². The molecule has 0 bridgehead atoms. The number of likely N-dealkylation sites (N-methyl/N-ethyl adjacent to an activating group) is 1. The molecule has 0 aromatic heterocycles. The lowest BCUT2D eigenvalue weighted by Gasteiger charge is -2.40. The van der Waals surface area contributed by atoms with Crippen molar-refractivity contribution in [3.8, 4) is 0 Å². The van der Waals surface area contributed by atoms with Gasteiger partial charge in [0.25, 0.3) is 0 Å².